The Kier molecular flexibility index (Phi) is 4.10. The summed E-state index contributed by atoms with van der Waals surface area (Å²) >= 11 is 4.84. The van der Waals surface area contributed by atoms with Crippen molar-refractivity contribution in [3.63, 3.8) is 0 Å². The monoisotopic (exact) mass is 433 g/mol. The summed E-state index contributed by atoms with van der Waals surface area (Å²) in [6, 6.07) is 13.8. The van der Waals surface area contributed by atoms with Gasteiger partial charge in [-0.05, 0) is 30.3 Å². The second-order valence-corrected chi connectivity index (χ2v) is 8.80. The second kappa shape index (κ2) is 6.29. The SMILES string of the molecule is O=S(=O)(Nc1ccccc1-c1cn2ccsc2n1)c1ccc(Br)cc1. The second-order valence-electron chi connectivity index (χ2n) is 5.32. The summed E-state index contributed by atoms with van der Waals surface area (Å²) < 4.78 is 30.7. The molecule has 2 heterocycles. The van der Waals surface area contributed by atoms with Crippen molar-refractivity contribution in [2.45, 2.75) is 4.90 Å². The Morgan fingerprint density at radius 3 is 2.60 bits per heavy atom. The van der Waals surface area contributed by atoms with Crippen molar-refractivity contribution in [1.29, 1.82) is 0 Å². The van der Waals surface area contributed by atoms with E-state index < -0.39 is 10.0 Å². The van der Waals surface area contributed by atoms with Crippen LogP contribution < -0.4 is 4.72 Å². The van der Waals surface area contributed by atoms with Gasteiger partial charge in [0.25, 0.3) is 10.0 Å². The summed E-state index contributed by atoms with van der Waals surface area (Å²) in [4.78, 5) is 5.63. The van der Waals surface area contributed by atoms with Gasteiger partial charge in [0.1, 0.15) is 0 Å². The standard InChI is InChI=1S/C17H12BrN3O2S2/c18-12-5-7-13(8-6-12)25(22,23)20-15-4-2-1-3-14(15)16-11-21-9-10-24-17(21)19-16/h1-11,20H. The quantitative estimate of drug-likeness (QED) is 0.510. The molecule has 0 aliphatic heterocycles. The lowest BCUT2D eigenvalue weighted by Crippen LogP contribution is -2.13. The van der Waals surface area contributed by atoms with Gasteiger partial charge in [-0.2, -0.15) is 0 Å². The molecule has 0 unspecified atom stereocenters. The highest BCUT2D eigenvalue weighted by Gasteiger charge is 2.17. The van der Waals surface area contributed by atoms with Crippen LogP contribution in [0.5, 0.6) is 0 Å². The van der Waals surface area contributed by atoms with E-state index in [1.165, 1.54) is 11.3 Å². The highest BCUT2D eigenvalue weighted by molar-refractivity contribution is 9.10. The molecule has 0 saturated heterocycles. The van der Waals surface area contributed by atoms with Crippen molar-refractivity contribution in [3.05, 3.63) is 70.8 Å². The summed E-state index contributed by atoms with van der Waals surface area (Å²) in [5, 5.41) is 1.95. The largest absolute Gasteiger partial charge is 0.297 e. The van der Waals surface area contributed by atoms with Crippen LogP contribution in [0.15, 0.2) is 75.7 Å². The Morgan fingerprint density at radius 2 is 1.84 bits per heavy atom. The van der Waals surface area contributed by atoms with E-state index in [1.807, 2.05) is 34.3 Å². The van der Waals surface area contributed by atoms with E-state index in [0.29, 0.717) is 5.69 Å². The number of sulfonamides is 1. The third kappa shape index (κ3) is 3.20. The van der Waals surface area contributed by atoms with Crippen LogP contribution in [-0.2, 0) is 10.0 Å². The molecule has 5 nitrogen and oxygen atoms in total. The number of hydrogen-bond acceptors (Lipinski definition) is 4. The molecule has 0 amide bonds. The summed E-state index contributed by atoms with van der Waals surface area (Å²) in [6.07, 6.45) is 3.81. The van der Waals surface area contributed by atoms with Gasteiger partial charge in [-0.15, -0.1) is 11.3 Å². The molecule has 4 rings (SSSR count). The number of benzene rings is 2. The van der Waals surface area contributed by atoms with Crippen LogP contribution in [0.3, 0.4) is 0 Å². The minimum Gasteiger partial charge on any atom is -0.297 e. The molecular formula is C17H12BrN3O2S2. The zero-order valence-electron chi connectivity index (χ0n) is 12.8. The molecule has 0 aliphatic carbocycles. The van der Waals surface area contributed by atoms with Crippen molar-refractivity contribution in [1.82, 2.24) is 9.38 Å². The van der Waals surface area contributed by atoms with E-state index in [9.17, 15) is 8.42 Å². The Balaban J connectivity index is 1.74. The zero-order valence-corrected chi connectivity index (χ0v) is 16.0. The average Bonchev–Trinajstić information content (AvgIpc) is 3.17. The fraction of sp³-hybridized carbons (Fsp3) is 0. The van der Waals surface area contributed by atoms with Gasteiger partial charge in [0.2, 0.25) is 0 Å². The first-order valence-corrected chi connectivity index (χ1v) is 10.5. The normalized spacial score (nSPS) is 11.7. The Labute approximate surface area is 157 Å². The molecule has 1 N–H and O–H groups in total. The maximum atomic E-state index is 12.7. The van der Waals surface area contributed by atoms with E-state index in [4.69, 9.17) is 0 Å². The van der Waals surface area contributed by atoms with Gasteiger partial charge < -0.3 is 0 Å². The molecule has 0 saturated carbocycles. The van der Waals surface area contributed by atoms with Crippen molar-refractivity contribution in [2.75, 3.05) is 4.72 Å². The lowest BCUT2D eigenvalue weighted by molar-refractivity contribution is 0.601. The fourth-order valence-electron chi connectivity index (χ4n) is 2.47. The first kappa shape index (κ1) is 16.3. The van der Waals surface area contributed by atoms with Crippen molar-refractivity contribution in [2.24, 2.45) is 0 Å². The summed E-state index contributed by atoms with van der Waals surface area (Å²) in [5.74, 6) is 0. The van der Waals surface area contributed by atoms with Crippen LogP contribution >= 0.6 is 27.3 Å². The average molecular weight is 434 g/mol. The molecule has 25 heavy (non-hydrogen) atoms. The molecule has 0 fully saturated rings. The third-order valence-electron chi connectivity index (χ3n) is 3.66. The highest BCUT2D eigenvalue weighted by Crippen LogP contribution is 2.30. The summed E-state index contributed by atoms with van der Waals surface area (Å²) in [7, 11) is -3.68. The summed E-state index contributed by atoms with van der Waals surface area (Å²) in [5.41, 5.74) is 1.95. The van der Waals surface area contributed by atoms with Gasteiger partial charge in [-0.25, -0.2) is 13.4 Å². The summed E-state index contributed by atoms with van der Waals surface area (Å²) in [6.45, 7) is 0. The maximum absolute atomic E-state index is 12.7. The Bertz CT molecular complexity index is 1120. The lowest BCUT2D eigenvalue weighted by atomic mass is 10.1. The Morgan fingerprint density at radius 1 is 1.08 bits per heavy atom. The number of rotatable bonds is 4. The van der Waals surface area contributed by atoms with Crippen molar-refractivity contribution < 1.29 is 8.42 Å². The zero-order chi connectivity index (χ0) is 17.4. The van der Waals surface area contributed by atoms with Crippen molar-refractivity contribution >= 4 is 47.9 Å². The predicted octanol–water partition coefficient (Wildman–Crippen LogP) is 4.63. The topological polar surface area (TPSA) is 63.5 Å². The molecule has 8 heteroatoms. The smallest absolute Gasteiger partial charge is 0.261 e. The lowest BCUT2D eigenvalue weighted by Gasteiger charge is -2.11. The molecule has 4 aromatic rings. The molecule has 0 bridgehead atoms. The molecule has 2 aromatic heterocycles. The van der Waals surface area contributed by atoms with Crippen LogP contribution in [0.2, 0.25) is 0 Å². The molecule has 126 valence electrons. The number of anilines is 1. The molecule has 0 atom stereocenters. The number of nitrogens with zero attached hydrogens (tertiary/aromatic N) is 2. The van der Waals surface area contributed by atoms with Crippen LogP contribution in [-0.4, -0.2) is 17.8 Å². The first-order valence-electron chi connectivity index (χ1n) is 7.33. The number of imidazole rings is 1. The number of fused-ring (bicyclic) bond motifs is 1. The van der Waals surface area contributed by atoms with Gasteiger partial charge in [0.15, 0.2) is 4.96 Å². The van der Waals surface area contributed by atoms with Gasteiger partial charge in [-0.1, -0.05) is 34.1 Å². The number of aromatic nitrogens is 2. The van der Waals surface area contributed by atoms with E-state index in [0.717, 1.165) is 20.7 Å². The van der Waals surface area contributed by atoms with Crippen LogP contribution in [0, 0.1) is 0 Å². The van der Waals surface area contributed by atoms with E-state index in [1.54, 1.807) is 36.4 Å². The van der Waals surface area contributed by atoms with E-state index in [2.05, 4.69) is 25.6 Å². The fourth-order valence-corrected chi connectivity index (χ4v) is 4.51. The number of halogens is 1. The number of para-hydroxylation sites is 1. The molecule has 0 aliphatic rings. The van der Waals surface area contributed by atoms with Crippen LogP contribution in [0.1, 0.15) is 0 Å². The molecule has 0 spiro atoms. The number of thiazole rings is 1. The van der Waals surface area contributed by atoms with Crippen LogP contribution in [0.4, 0.5) is 5.69 Å². The maximum Gasteiger partial charge on any atom is 0.261 e. The predicted molar refractivity (Wildman–Crippen MR) is 103 cm³/mol. The molecule has 0 radical (unpaired) electrons. The molecular weight excluding hydrogens is 422 g/mol. The van der Waals surface area contributed by atoms with Gasteiger partial charge in [0, 0.05) is 27.8 Å². The Hall–Kier alpha value is -2.16. The van der Waals surface area contributed by atoms with Crippen LogP contribution in [0.25, 0.3) is 16.2 Å². The van der Waals surface area contributed by atoms with Crippen molar-refractivity contribution in [3.8, 4) is 11.3 Å². The minimum atomic E-state index is -3.68. The highest BCUT2D eigenvalue weighted by atomic mass is 79.9. The molecule has 2 aromatic carbocycles. The minimum absolute atomic E-state index is 0.205. The van der Waals surface area contributed by atoms with Gasteiger partial charge >= 0.3 is 0 Å². The van der Waals surface area contributed by atoms with Gasteiger partial charge in [-0.3, -0.25) is 9.12 Å². The number of nitrogens with one attached hydrogen (secondary N) is 1. The van der Waals surface area contributed by atoms with E-state index in [-0.39, 0.29) is 4.90 Å². The van der Waals surface area contributed by atoms with Gasteiger partial charge in [0.05, 0.1) is 16.3 Å². The van der Waals surface area contributed by atoms with E-state index >= 15 is 0 Å². The number of hydrogen-bond donors (Lipinski definition) is 1. The first-order chi connectivity index (χ1) is 12.0. The third-order valence-corrected chi connectivity index (χ3v) is 6.35.